The molecule has 144 valence electrons. The number of rotatable bonds is 6. The zero-order chi connectivity index (χ0) is 19.2. The number of carbonyl (C=O) groups is 1. The lowest BCUT2D eigenvalue weighted by molar-refractivity contribution is 0.0827. The molecule has 0 radical (unpaired) electrons. The highest BCUT2D eigenvalue weighted by Gasteiger charge is 2.21. The molecule has 2 heterocycles. The van der Waals surface area contributed by atoms with E-state index < -0.39 is 0 Å². The van der Waals surface area contributed by atoms with Gasteiger partial charge < -0.3 is 15.1 Å². The summed E-state index contributed by atoms with van der Waals surface area (Å²) in [5.41, 5.74) is 3.22. The van der Waals surface area contributed by atoms with Crippen molar-refractivity contribution in [2.75, 3.05) is 32.1 Å². The summed E-state index contributed by atoms with van der Waals surface area (Å²) in [5, 5.41) is 3.77. The average molecular weight is 367 g/mol. The molecule has 5 nitrogen and oxygen atoms in total. The van der Waals surface area contributed by atoms with Crippen LogP contribution < -0.4 is 10.2 Å². The third-order valence-electron chi connectivity index (χ3n) is 5.17. The molecule has 1 amide bonds. The summed E-state index contributed by atoms with van der Waals surface area (Å²) in [6.45, 7) is 4.33. The van der Waals surface area contributed by atoms with Crippen LogP contribution in [0.2, 0.25) is 0 Å². The van der Waals surface area contributed by atoms with Gasteiger partial charge in [0.05, 0.1) is 0 Å². The summed E-state index contributed by atoms with van der Waals surface area (Å²) in [7, 11) is 3.56. The molecule has 27 heavy (non-hydrogen) atoms. The largest absolute Gasteiger partial charge is 0.371 e. The summed E-state index contributed by atoms with van der Waals surface area (Å²) >= 11 is 0. The quantitative estimate of drug-likeness (QED) is 0.854. The Labute approximate surface area is 162 Å². The Kier molecular flexibility index (Phi) is 6.45. The molecule has 1 saturated heterocycles. The summed E-state index contributed by atoms with van der Waals surface area (Å²) < 4.78 is 0. The van der Waals surface area contributed by atoms with E-state index in [0.717, 1.165) is 37.9 Å². The maximum absolute atomic E-state index is 12.0. The number of amides is 1. The smallest absolute Gasteiger partial charge is 0.253 e. The number of hydrogen-bond donors (Lipinski definition) is 1. The van der Waals surface area contributed by atoms with Gasteiger partial charge in [-0.2, -0.15) is 0 Å². The standard InChI is InChI=1S/C22H30N4O/c1-17(15-18-5-4-12-23-16-18)24-20-10-13-26(14-11-20)21-8-6-19(7-9-21)22(27)25(2)3/h4-9,12,16-17,20,24H,10-11,13-15H2,1-3H3/t17-/m0/s1. The minimum atomic E-state index is 0.0482. The van der Waals surface area contributed by atoms with Crippen molar-refractivity contribution < 1.29 is 4.79 Å². The van der Waals surface area contributed by atoms with E-state index in [2.05, 4.69) is 40.3 Å². The number of pyridine rings is 1. The number of hydrogen-bond acceptors (Lipinski definition) is 4. The van der Waals surface area contributed by atoms with Crippen molar-refractivity contribution in [3.8, 4) is 0 Å². The van der Waals surface area contributed by atoms with Gasteiger partial charge in [-0.1, -0.05) is 6.07 Å². The van der Waals surface area contributed by atoms with Crippen LogP contribution in [0.4, 0.5) is 5.69 Å². The van der Waals surface area contributed by atoms with Gasteiger partial charge in [0.1, 0.15) is 0 Å². The highest BCUT2D eigenvalue weighted by molar-refractivity contribution is 5.94. The van der Waals surface area contributed by atoms with Gasteiger partial charge in [0.15, 0.2) is 0 Å². The Hall–Kier alpha value is -2.40. The molecule has 1 aliphatic heterocycles. The van der Waals surface area contributed by atoms with Gasteiger partial charge in [-0.15, -0.1) is 0 Å². The maximum atomic E-state index is 12.0. The van der Waals surface area contributed by atoms with E-state index in [-0.39, 0.29) is 5.91 Å². The molecule has 0 spiro atoms. The molecule has 1 N–H and O–H groups in total. The molecule has 1 atom stereocenters. The van der Waals surface area contributed by atoms with E-state index in [9.17, 15) is 4.79 Å². The Bertz CT molecular complexity index is 722. The monoisotopic (exact) mass is 366 g/mol. The molecule has 2 aromatic rings. The van der Waals surface area contributed by atoms with E-state index >= 15 is 0 Å². The fourth-order valence-corrected chi connectivity index (χ4v) is 3.71. The zero-order valence-corrected chi connectivity index (χ0v) is 16.6. The molecule has 3 rings (SSSR count). The van der Waals surface area contributed by atoms with E-state index in [1.807, 2.05) is 30.6 Å². The number of aromatic nitrogens is 1. The number of carbonyl (C=O) groups excluding carboxylic acids is 1. The Morgan fingerprint density at radius 1 is 1.22 bits per heavy atom. The summed E-state index contributed by atoms with van der Waals surface area (Å²) in [6, 6.07) is 13.1. The van der Waals surface area contributed by atoms with E-state index in [0.29, 0.717) is 12.1 Å². The normalized spacial score (nSPS) is 16.2. The van der Waals surface area contributed by atoms with Crippen molar-refractivity contribution in [2.24, 2.45) is 0 Å². The first-order valence-corrected chi connectivity index (χ1v) is 9.74. The fraction of sp³-hybridized carbons (Fsp3) is 0.455. The van der Waals surface area contributed by atoms with Gasteiger partial charge in [-0.3, -0.25) is 9.78 Å². The molecule has 1 aromatic heterocycles. The second-order valence-electron chi connectivity index (χ2n) is 7.64. The molecule has 0 saturated carbocycles. The van der Waals surface area contributed by atoms with E-state index in [1.165, 1.54) is 11.3 Å². The number of piperidine rings is 1. The average Bonchev–Trinajstić information content (AvgIpc) is 2.69. The molecule has 0 bridgehead atoms. The molecule has 5 heteroatoms. The number of benzene rings is 1. The van der Waals surface area contributed by atoms with Crippen LogP contribution in [-0.2, 0) is 6.42 Å². The van der Waals surface area contributed by atoms with Crippen molar-refractivity contribution in [2.45, 2.75) is 38.3 Å². The number of nitrogens with zero attached hydrogens (tertiary/aromatic N) is 3. The lowest BCUT2D eigenvalue weighted by atomic mass is 10.0. The zero-order valence-electron chi connectivity index (χ0n) is 16.6. The predicted molar refractivity (Wildman–Crippen MR) is 110 cm³/mol. The summed E-state index contributed by atoms with van der Waals surface area (Å²) in [4.78, 5) is 20.2. The van der Waals surface area contributed by atoms with Crippen LogP contribution >= 0.6 is 0 Å². The topological polar surface area (TPSA) is 48.5 Å². The van der Waals surface area contributed by atoms with Crippen LogP contribution in [-0.4, -0.2) is 55.1 Å². The van der Waals surface area contributed by atoms with Crippen molar-refractivity contribution in [1.29, 1.82) is 0 Å². The predicted octanol–water partition coefficient (Wildman–Crippen LogP) is 2.97. The van der Waals surface area contributed by atoms with Gasteiger partial charge in [-0.05, 0) is 62.1 Å². The van der Waals surface area contributed by atoms with Crippen LogP contribution in [0.15, 0.2) is 48.8 Å². The minimum absolute atomic E-state index is 0.0482. The van der Waals surface area contributed by atoms with Crippen molar-refractivity contribution in [3.63, 3.8) is 0 Å². The Morgan fingerprint density at radius 3 is 2.52 bits per heavy atom. The minimum Gasteiger partial charge on any atom is -0.371 e. The highest BCUT2D eigenvalue weighted by Crippen LogP contribution is 2.21. The first-order chi connectivity index (χ1) is 13.0. The van der Waals surface area contributed by atoms with Crippen LogP contribution in [0.25, 0.3) is 0 Å². The lowest BCUT2D eigenvalue weighted by Crippen LogP contribution is -2.46. The molecule has 1 aromatic carbocycles. The van der Waals surface area contributed by atoms with Gasteiger partial charge >= 0.3 is 0 Å². The first-order valence-electron chi connectivity index (χ1n) is 9.74. The van der Waals surface area contributed by atoms with E-state index in [1.54, 1.807) is 19.0 Å². The highest BCUT2D eigenvalue weighted by atomic mass is 16.2. The lowest BCUT2D eigenvalue weighted by Gasteiger charge is -2.35. The van der Waals surface area contributed by atoms with Crippen LogP contribution in [0, 0.1) is 0 Å². The van der Waals surface area contributed by atoms with Gasteiger partial charge in [-0.25, -0.2) is 0 Å². The number of anilines is 1. The summed E-state index contributed by atoms with van der Waals surface area (Å²) in [5.74, 6) is 0.0482. The molecule has 0 unspecified atom stereocenters. The van der Waals surface area contributed by atoms with E-state index in [4.69, 9.17) is 0 Å². The Morgan fingerprint density at radius 2 is 1.93 bits per heavy atom. The second kappa shape index (κ2) is 9.00. The molecule has 1 aliphatic rings. The Balaban J connectivity index is 1.48. The number of nitrogens with one attached hydrogen (secondary N) is 1. The second-order valence-corrected chi connectivity index (χ2v) is 7.64. The van der Waals surface area contributed by atoms with Gasteiger partial charge in [0, 0.05) is 62.9 Å². The van der Waals surface area contributed by atoms with Crippen LogP contribution in [0.5, 0.6) is 0 Å². The van der Waals surface area contributed by atoms with Crippen molar-refractivity contribution in [3.05, 3.63) is 59.9 Å². The first kappa shape index (κ1) is 19.4. The fourth-order valence-electron chi connectivity index (χ4n) is 3.71. The molecular formula is C22H30N4O. The van der Waals surface area contributed by atoms with Crippen LogP contribution in [0.3, 0.4) is 0 Å². The third-order valence-corrected chi connectivity index (χ3v) is 5.17. The SMILES string of the molecule is C[C@@H](Cc1cccnc1)NC1CCN(c2ccc(C(=O)N(C)C)cc2)CC1. The third kappa shape index (κ3) is 5.30. The van der Waals surface area contributed by atoms with Gasteiger partial charge in [0.2, 0.25) is 0 Å². The molecular weight excluding hydrogens is 336 g/mol. The molecule has 0 aliphatic carbocycles. The summed E-state index contributed by atoms with van der Waals surface area (Å²) in [6.07, 6.45) is 7.05. The van der Waals surface area contributed by atoms with Crippen molar-refractivity contribution in [1.82, 2.24) is 15.2 Å². The maximum Gasteiger partial charge on any atom is 0.253 e. The van der Waals surface area contributed by atoms with Crippen LogP contribution in [0.1, 0.15) is 35.7 Å². The van der Waals surface area contributed by atoms with Crippen molar-refractivity contribution >= 4 is 11.6 Å². The molecule has 1 fully saturated rings. The van der Waals surface area contributed by atoms with Gasteiger partial charge in [0.25, 0.3) is 5.91 Å².